The van der Waals surface area contributed by atoms with Gasteiger partial charge in [-0.3, -0.25) is 0 Å². The summed E-state index contributed by atoms with van der Waals surface area (Å²) in [7, 11) is -0.0738. The third-order valence-corrected chi connectivity index (χ3v) is 4.82. The fourth-order valence-corrected chi connectivity index (χ4v) is 3.80. The zero-order valence-electron chi connectivity index (χ0n) is 12.8. The highest BCUT2D eigenvalue weighted by Gasteiger charge is 2.20. The van der Waals surface area contributed by atoms with E-state index in [1.54, 1.807) is 21.0 Å². The van der Waals surface area contributed by atoms with Crippen LogP contribution in [0.4, 0.5) is 5.69 Å². The van der Waals surface area contributed by atoms with Gasteiger partial charge in [0, 0.05) is 33.0 Å². The first-order valence-corrected chi connectivity index (χ1v) is 8.07. The van der Waals surface area contributed by atoms with Crippen LogP contribution >= 0.6 is 0 Å². The maximum absolute atomic E-state index is 12.4. The Bertz CT molecular complexity index is 533. The molecule has 0 aliphatic rings. The number of sulfonamides is 1. The molecule has 0 radical (unpaired) electrons. The minimum absolute atomic E-state index is 0.131. The molecule has 0 aliphatic heterocycles. The Morgan fingerprint density at radius 1 is 1.25 bits per heavy atom. The lowest BCUT2D eigenvalue weighted by Crippen LogP contribution is -2.31. The molecule has 0 saturated heterocycles. The summed E-state index contributed by atoms with van der Waals surface area (Å²) >= 11 is 0. The molecule has 1 aromatic carbocycles. The van der Waals surface area contributed by atoms with Gasteiger partial charge >= 0.3 is 0 Å². The number of hydrogen-bond acceptors (Lipinski definition) is 4. The van der Waals surface area contributed by atoms with E-state index in [2.05, 4.69) is 10.0 Å². The predicted molar refractivity (Wildman–Crippen MR) is 81.7 cm³/mol. The number of hydrogen-bond donors (Lipinski definition) is 2. The van der Waals surface area contributed by atoms with Crippen molar-refractivity contribution in [3.63, 3.8) is 0 Å². The van der Waals surface area contributed by atoms with Crippen LogP contribution in [0, 0.1) is 19.8 Å². The molecule has 20 heavy (non-hydrogen) atoms. The molecule has 1 aromatic rings. The number of methoxy groups -OCH3 is 1. The van der Waals surface area contributed by atoms with Crippen molar-refractivity contribution in [3.05, 3.63) is 23.3 Å². The number of ether oxygens (including phenoxy) is 1. The number of rotatable bonds is 7. The van der Waals surface area contributed by atoms with Crippen molar-refractivity contribution in [2.24, 2.45) is 5.92 Å². The largest absolute Gasteiger partial charge is 0.388 e. The average Bonchev–Trinajstić information content (AvgIpc) is 2.35. The second-order valence-electron chi connectivity index (χ2n) is 5.10. The van der Waals surface area contributed by atoms with E-state index in [4.69, 9.17) is 4.74 Å². The topological polar surface area (TPSA) is 67.4 Å². The highest BCUT2D eigenvalue weighted by atomic mass is 32.2. The molecular weight excluding hydrogens is 276 g/mol. The van der Waals surface area contributed by atoms with Gasteiger partial charge in [0.1, 0.15) is 0 Å². The van der Waals surface area contributed by atoms with Gasteiger partial charge in [-0.05, 0) is 43.0 Å². The summed E-state index contributed by atoms with van der Waals surface area (Å²) in [5, 5.41) is 3.02. The molecule has 0 aliphatic carbocycles. The van der Waals surface area contributed by atoms with E-state index in [-0.39, 0.29) is 5.92 Å². The minimum Gasteiger partial charge on any atom is -0.388 e. The monoisotopic (exact) mass is 300 g/mol. The van der Waals surface area contributed by atoms with E-state index < -0.39 is 10.0 Å². The van der Waals surface area contributed by atoms with Crippen LogP contribution in [-0.2, 0) is 14.8 Å². The van der Waals surface area contributed by atoms with Gasteiger partial charge in [-0.1, -0.05) is 6.92 Å². The van der Waals surface area contributed by atoms with E-state index in [1.165, 1.54) is 0 Å². The SMILES string of the molecule is CNc1cc(C)c(S(=O)(=O)NCC(C)COC)c(C)c1. The van der Waals surface area contributed by atoms with Gasteiger partial charge in [0.2, 0.25) is 10.0 Å². The van der Waals surface area contributed by atoms with Crippen molar-refractivity contribution in [1.29, 1.82) is 0 Å². The minimum atomic E-state index is -3.49. The van der Waals surface area contributed by atoms with Gasteiger partial charge in [-0.15, -0.1) is 0 Å². The molecular formula is C14H24N2O3S. The van der Waals surface area contributed by atoms with E-state index >= 15 is 0 Å². The second kappa shape index (κ2) is 7.06. The lowest BCUT2D eigenvalue weighted by atomic mass is 10.1. The molecule has 0 heterocycles. The van der Waals surface area contributed by atoms with Crippen LogP contribution in [0.2, 0.25) is 0 Å². The molecule has 0 amide bonds. The van der Waals surface area contributed by atoms with Gasteiger partial charge in [0.15, 0.2) is 0 Å². The summed E-state index contributed by atoms with van der Waals surface area (Å²) in [5.74, 6) is 0.131. The smallest absolute Gasteiger partial charge is 0.241 e. The third kappa shape index (κ3) is 4.19. The fourth-order valence-electron chi connectivity index (χ4n) is 2.19. The van der Waals surface area contributed by atoms with Gasteiger partial charge in [0.05, 0.1) is 4.90 Å². The number of nitrogens with one attached hydrogen (secondary N) is 2. The molecule has 0 fully saturated rings. The number of anilines is 1. The van der Waals surface area contributed by atoms with Crippen molar-refractivity contribution in [1.82, 2.24) is 4.72 Å². The van der Waals surface area contributed by atoms with Crippen molar-refractivity contribution < 1.29 is 13.2 Å². The standard InChI is InChI=1S/C14H24N2O3S/c1-10(9-19-5)8-16-20(17,18)14-11(2)6-13(15-4)7-12(14)3/h6-7,10,15-16H,8-9H2,1-5H3. The average molecular weight is 300 g/mol. The number of benzene rings is 1. The molecule has 5 nitrogen and oxygen atoms in total. The molecule has 1 unspecified atom stereocenters. The van der Waals surface area contributed by atoms with Crippen LogP contribution in [0.25, 0.3) is 0 Å². The van der Waals surface area contributed by atoms with Gasteiger partial charge < -0.3 is 10.1 Å². The van der Waals surface area contributed by atoms with E-state index in [1.807, 2.05) is 26.1 Å². The van der Waals surface area contributed by atoms with Crippen LogP contribution in [0.15, 0.2) is 17.0 Å². The molecule has 1 atom stereocenters. The van der Waals surface area contributed by atoms with Crippen molar-refractivity contribution in [3.8, 4) is 0 Å². The normalized spacial score (nSPS) is 13.2. The van der Waals surface area contributed by atoms with Crippen molar-refractivity contribution in [2.45, 2.75) is 25.7 Å². The molecule has 2 N–H and O–H groups in total. The molecule has 0 spiro atoms. The van der Waals surface area contributed by atoms with E-state index in [0.29, 0.717) is 18.0 Å². The highest BCUT2D eigenvalue weighted by Crippen LogP contribution is 2.24. The van der Waals surface area contributed by atoms with Gasteiger partial charge in [-0.2, -0.15) is 0 Å². The second-order valence-corrected chi connectivity index (χ2v) is 6.81. The molecule has 114 valence electrons. The first-order valence-electron chi connectivity index (χ1n) is 6.59. The summed E-state index contributed by atoms with van der Waals surface area (Å²) in [5.41, 5.74) is 2.38. The van der Waals surface area contributed by atoms with Crippen LogP contribution in [-0.4, -0.2) is 35.7 Å². The summed E-state index contributed by atoms with van der Waals surface area (Å²) in [4.78, 5) is 0.362. The summed E-state index contributed by atoms with van der Waals surface area (Å²) in [6.07, 6.45) is 0. The van der Waals surface area contributed by atoms with Gasteiger partial charge in [-0.25, -0.2) is 13.1 Å². The first kappa shape index (κ1) is 16.9. The Morgan fingerprint density at radius 2 is 1.80 bits per heavy atom. The van der Waals surface area contributed by atoms with Gasteiger partial charge in [0.25, 0.3) is 0 Å². The molecule has 6 heteroatoms. The van der Waals surface area contributed by atoms with Crippen LogP contribution < -0.4 is 10.0 Å². The zero-order valence-corrected chi connectivity index (χ0v) is 13.6. The first-order chi connectivity index (χ1) is 9.31. The maximum atomic E-state index is 12.4. The van der Waals surface area contributed by atoms with E-state index in [9.17, 15) is 8.42 Å². The fraction of sp³-hybridized carbons (Fsp3) is 0.571. The van der Waals surface area contributed by atoms with Crippen LogP contribution in [0.3, 0.4) is 0 Å². The number of aryl methyl sites for hydroxylation is 2. The molecule has 0 aromatic heterocycles. The summed E-state index contributed by atoms with van der Waals surface area (Å²) < 4.78 is 32.5. The molecule has 0 bridgehead atoms. The third-order valence-electron chi connectivity index (χ3n) is 3.09. The Hall–Kier alpha value is -1.11. The molecule has 1 rings (SSSR count). The Morgan fingerprint density at radius 3 is 2.25 bits per heavy atom. The van der Waals surface area contributed by atoms with Crippen LogP contribution in [0.1, 0.15) is 18.1 Å². The Labute approximate surface area is 121 Å². The lowest BCUT2D eigenvalue weighted by molar-refractivity contribution is 0.161. The predicted octanol–water partition coefficient (Wildman–Crippen LogP) is 1.91. The maximum Gasteiger partial charge on any atom is 0.241 e. The zero-order chi connectivity index (χ0) is 15.3. The van der Waals surface area contributed by atoms with Crippen molar-refractivity contribution >= 4 is 15.7 Å². The highest BCUT2D eigenvalue weighted by molar-refractivity contribution is 7.89. The van der Waals surface area contributed by atoms with Crippen LogP contribution in [0.5, 0.6) is 0 Å². The summed E-state index contributed by atoms with van der Waals surface area (Å²) in [6.45, 7) is 6.44. The quantitative estimate of drug-likeness (QED) is 0.807. The Kier molecular flexibility index (Phi) is 5.98. The van der Waals surface area contributed by atoms with Crippen molar-refractivity contribution in [2.75, 3.05) is 32.6 Å². The Balaban J connectivity index is 2.98. The summed E-state index contributed by atoms with van der Waals surface area (Å²) in [6, 6.07) is 3.67. The van der Waals surface area contributed by atoms with E-state index in [0.717, 1.165) is 16.8 Å². The molecule has 0 saturated carbocycles. The lowest BCUT2D eigenvalue weighted by Gasteiger charge is -2.16.